The number of hydrogen-bond donors (Lipinski definition) is 1. The van der Waals surface area contributed by atoms with Crippen LogP contribution >= 0.6 is 11.3 Å². The van der Waals surface area contributed by atoms with E-state index in [1.165, 1.54) is 16.9 Å². The highest BCUT2D eigenvalue weighted by Crippen LogP contribution is 2.35. The lowest BCUT2D eigenvalue weighted by Gasteiger charge is -2.16. The molecule has 0 spiro atoms. The Hall–Kier alpha value is -1.95. The van der Waals surface area contributed by atoms with Crippen LogP contribution in [0.2, 0.25) is 0 Å². The maximum Gasteiger partial charge on any atom is 0.146 e. The van der Waals surface area contributed by atoms with E-state index < -0.39 is 0 Å². The summed E-state index contributed by atoms with van der Waals surface area (Å²) in [6.07, 6.45) is 1.53. The molecule has 3 aromatic rings. The van der Waals surface area contributed by atoms with Gasteiger partial charge in [0, 0.05) is 5.69 Å². The summed E-state index contributed by atoms with van der Waals surface area (Å²) in [6, 6.07) is 0.182. The van der Waals surface area contributed by atoms with Crippen molar-refractivity contribution in [2.75, 3.05) is 5.73 Å². The predicted octanol–water partition coefficient (Wildman–Crippen LogP) is 3.31. The SMILES string of the molecule is Cc1nc(C)c(C(C)n2c(C)c(C)c3c(N)ncnc32)s1. The molecule has 3 rings (SSSR count). The molecule has 3 aromatic heterocycles. The lowest BCUT2D eigenvalue weighted by Crippen LogP contribution is -2.09. The van der Waals surface area contributed by atoms with Crippen LogP contribution in [0.5, 0.6) is 0 Å². The number of thiazole rings is 1. The minimum Gasteiger partial charge on any atom is -0.383 e. The Morgan fingerprint density at radius 1 is 1.19 bits per heavy atom. The second kappa shape index (κ2) is 4.80. The molecule has 3 heterocycles. The van der Waals surface area contributed by atoms with Crippen LogP contribution in [-0.4, -0.2) is 19.5 Å². The Morgan fingerprint density at radius 2 is 1.90 bits per heavy atom. The molecule has 0 aliphatic rings. The van der Waals surface area contributed by atoms with Gasteiger partial charge in [-0.2, -0.15) is 0 Å². The average molecular weight is 301 g/mol. The molecule has 1 unspecified atom stereocenters. The third-order valence-electron chi connectivity index (χ3n) is 4.07. The van der Waals surface area contributed by atoms with Crippen molar-refractivity contribution < 1.29 is 0 Å². The Morgan fingerprint density at radius 3 is 2.52 bits per heavy atom. The summed E-state index contributed by atoms with van der Waals surface area (Å²) in [5.41, 5.74) is 10.3. The summed E-state index contributed by atoms with van der Waals surface area (Å²) >= 11 is 1.74. The molecular formula is C15H19N5S. The van der Waals surface area contributed by atoms with Gasteiger partial charge in [-0.25, -0.2) is 15.0 Å². The second-order valence-electron chi connectivity index (χ2n) is 5.40. The molecule has 2 N–H and O–H groups in total. The molecule has 1 atom stereocenters. The first-order chi connectivity index (χ1) is 9.91. The number of aromatic nitrogens is 4. The number of anilines is 1. The first-order valence-electron chi connectivity index (χ1n) is 6.93. The zero-order valence-corrected chi connectivity index (χ0v) is 13.7. The normalized spacial score (nSPS) is 13.0. The van der Waals surface area contributed by atoms with E-state index in [1.807, 2.05) is 6.92 Å². The third-order valence-corrected chi connectivity index (χ3v) is 5.31. The number of nitrogens with zero attached hydrogens (tertiary/aromatic N) is 4. The van der Waals surface area contributed by atoms with Crippen LogP contribution in [-0.2, 0) is 0 Å². The Bertz CT molecular complexity index is 830. The fourth-order valence-electron chi connectivity index (χ4n) is 2.98. The van der Waals surface area contributed by atoms with E-state index in [0.29, 0.717) is 5.82 Å². The number of hydrogen-bond acceptors (Lipinski definition) is 5. The van der Waals surface area contributed by atoms with E-state index in [-0.39, 0.29) is 6.04 Å². The van der Waals surface area contributed by atoms with Gasteiger partial charge in [0.2, 0.25) is 0 Å². The highest BCUT2D eigenvalue weighted by atomic mass is 32.1. The van der Waals surface area contributed by atoms with Crippen LogP contribution in [0.3, 0.4) is 0 Å². The lowest BCUT2D eigenvalue weighted by molar-refractivity contribution is 0.645. The molecule has 110 valence electrons. The monoisotopic (exact) mass is 301 g/mol. The maximum absolute atomic E-state index is 6.04. The molecule has 0 saturated carbocycles. The molecule has 0 radical (unpaired) electrons. The lowest BCUT2D eigenvalue weighted by atomic mass is 10.2. The van der Waals surface area contributed by atoms with Gasteiger partial charge in [0.25, 0.3) is 0 Å². The van der Waals surface area contributed by atoms with Crippen molar-refractivity contribution in [1.29, 1.82) is 0 Å². The van der Waals surface area contributed by atoms with Crippen LogP contribution in [0, 0.1) is 27.7 Å². The molecule has 6 heteroatoms. The number of nitrogens with two attached hydrogens (primary N) is 1. The molecular weight excluding hydrogens is 282 g/mol. The number of fused-ring (bicyclic) bond motifs is 1. The molecule has 0 aliphatic carbocycles. The average Bonchev–Trinajstić information content (AvgIpc) is 2.89. The van der Waals surface area contributed by atoms with E-state index in [4.69, 9.17) is 5.73 Å². The van der Waals surface area contributed by atoms with Gasteiger partial charge in [0.15, 0.2) is 0 Å². The fourth-order valence-corrected chi connectivity index (χ4v) is 3.95. The van der Waals surface area contributed by atoms with Gasteiger partial charge in [-0.1, -0.05) is 0 Å². The summed E-state index contributed by atoms with van der Waals surface area (Å²) in [4.78, 5) is 14.4. The second-order valence-corrected chi connectivity index (χ2v) is 6.63. The highest BCUT2D eigenvalue weighted by molar-refractivity contribution is 7.11. The van der Waals surface area contributed by atoms with Gasteiger partial charge in [0.1, 0.15) is 17.8 Å². The highest BCUT2D eigenvalue weighted by Gasteiger charge is 2.22. The number of aryl methyl sites for hydroxylation is 3. The van der Waals surface area contributed by atoms with Crippen molar-refractivity contribution in [3.05, 3.63) is 33.2 Å². The first-order valence-corrected chi connectivity index (χ1v) is 7.75. The van der Waals surface area contributed by atoms with Crippen molar-refractivity contribution >= 4 is 28.2 Å². The molecule has 0 aromatic carbocycles. The Labute approximate surface area is 127 Å². The molecule has 0 saturated heterocycles. The van der Waals surface area contributed by atoms with E-state index in [1.54, 1.807) is 11.3 Å². The van der Waals surface area contributed by atoms with E-state index in [9.17, 15) is 0 Å². The van der Waals surface area contributed by atoms with Crippen molar-refractivity contribution in [3.8, 4) is 0 Å². The number of rotatable bonds is 2. The van der Waals surface area contributed by atoms with E-state index in [0.717, 1.165) is 27.3 Å². The van der Waals surface area contributed by atoms with Crippen LogP contribution in [0.25, 0.3) is 11.0 Å². The zero-order valence-electron chi connectivity index (χ0n) is 12.9. The summed E-state index contributed by atoms with van der Waals surface area (Å²) in [6.45, 7) is 10.5. The summed E-state index contributed by atoms with van der Waals surface area (Å²) in [5.74, 6) is 0.545. The molecule has 0 aliphatic heterocycles. The van der Waals surface area contributed by atoms with Crippen LogP contribution in [0.4, 0.5) is 5.82 Å². The van der Waals surface area contributed by atoms with Gasteiger partial charge >= 0.3 is 0 Å². The van der Waals surface area contributed by atoms with E-state index >= 15 is 0 Å². The smallest absolute Gasteiger partial charge is 0.146 e. The minimum atomic E-state index is 0.182. The zero-order chi connectivity index (χ0) is 15.3. The number of nitrogen functional groups attached to an aromatic ring is 1. The quantitative estimate of drug-likeness (QED) is 0.788. The molecule has 0 amide bonds. The van der Waals surface area contributed by atoms with Crippen molar-refractivity contribution in [2.45, 2.75) is 40.7 Å². The first kappa shape index (κ1) is 14.0. The van der Waals surface area contributed by atoms with Crippen LogP contribution < -0.4 is 5.73 Å². The summed E-state index contributed by atoms with van der Waals surface area (Å²) in [5, 5.41) is 2.05. The Kier molecular flexibility index (Phi) is 3.20. The van der Waals surface area contributed by atoms with Gasteiger partial charge in [-0.3, -0.25) is 0 Å². The van der Waals surface area contributed by atoms with Crippen molar-refractivity contribution in [1.82, 2.24) is 19.5 Å². The predicted molar refractivity (Wildman–Crippen MR) is 86.8 cm³/mol. The van der Waals surface area contributed by atoms with E-state index in [2.05, 4.69) is 47.2 Å². The van der Waals surface area contributed by atoms with Crippen molar-refractivity contribution in [2.24, 2.45) is 0 Å². The summed E-state index contributed by atoms with van der Waals surface area (Å²) in [7, 11) is 0. The van der Waals surface area contributed by atoms with Crippen LogP contribution in [0.1, 0.15) is 39.8 Å². The fraction of sp³-hybridized carbons (Fsp3) is 0.400. The van der Waals surface area contributed by atoms with Gasteiger partial charge in [-0.05, 0) is 40.2 Å². The topological polar surface area (TPSA) is 69.6 Å². The van der Waals surface area contributed by atoms with Crippen LogP contribution in [0.15, 0.2) is 6.33 Å². The summed E-state index contributed by atoms with van der Waals surface area (Å²) < 4.78 is 2.24. The van der Waals surface area contributed by atoms with Crippen molar-refractivity contribution in [3.63, 3.8) is 0 Å². The standard InChI is InChI=1S/C15H19N5S/c1-7-9(3)20(15-12(7)14(16)17-6-18-15)10(4)13-8(2)19-11(5)21-13/h6,10H,1-5H3,(H2,16,17,18). The molecule has 0 fully saturated rings. The largest absolute Gasteiger partial charge is 0.383 e. The Balaban J connectivity index is 2.28. The van der Waals surface area contributed by atoms with Gasteiger partial charge in [-0.15, -0.1) is 11.3 Å². The minimum absolute atomic E-state index is 0.182. The van der Waals surface area contributed by atoms with Gasteiger partial charge in [0.05, 0.1) is 27.0 Å². The third kappa shape index (κ3) is 2.01. The molecule has 0 bridgehead atoms. The molecule has 5 nitrogen and oxygen atoms in total. The van der Waals surface area contributed by atoms with Gasteiger partial charge < -0.3 is 10.3 Å². The maximum atomic E-state index is 6.04. The molecule has 21 heavy (non-hydrogen) atoms.